The van der Waals surface area contributed by atoms with Crippen LogP contribution in [0.1, 0.15) is 12.8 Å². The van der Waals surface area contributed by atoms with Crippen molar-refractivity contribution in [2.75, 3.05) is 17.3 Å². The maximum absolute atomic E-state index is 11.6. The molecule has 1 aromatic carbocycles. The Labute approximate surface area is 117 Å². The van der Waals surface area contributed by atoms with Crippen molar-refractivity contribution in [3.05, 3.63) is 22.7 Å². The second-order valence-electron chi connectivity index (χ2n) is 3.95. The lowest BCUT2D eigenvalue weighted by Gasteiger charge is -2.09. The lowest BCUT2D eigenvalue weighted by Crippen LogP contribution is -2.13. The minimum Gasteiger partial charge on any atom is -0.492 e. The van der Waals surface area contributed by atoms with E-state index in [9.17, 15) is 4.79 Å². The second-order valence-corrected chi connectivity index (χ2v) is 5.59. The number of amides is 1. The molecule has 1 aliphatic rings. The van der Waals surface area contributed by atoms with E-state index in [1.54, 1.807) is 0 Å². The van der Waals surface area contributed by atoms with Gasteiger partial charge in [0.1, 0.15) is 5.75 Å². The van der Waals surface area contributed by atoms with Gasteiger partial charge in [0.2, 0.25) is 5.91 Å². The van der Waals surface area contributed by atoms with Crippen LogP contribution in [-0.2, 0) is 4.79 Å². The van der Waals surface area contributed by atoms with Gasteiger partial charge in [-0.3, -0.25) is 4.79 Å². The third kappa shape index (κ3) is 3.71. The smallest absolute Gasteiger partial charge is 0.227 e. The molecule has 0 saturated heterocycles. The molecule has 1 saturated carbocycles. The summed E-state index contributed by atoms with van der Waals surface area (Å²) < 4.78 is 6.35. The maximum atomic E-state index is 11.6. The van der Waals surface area contributed by atoms with Gasteiger partial charge in [-0.25, -0.2) is 0 Å². The number of carbonyl (C=O) groups is 1. The van der Waals surface area contributed by atoms with Crippen LogP contribution < -0.4 is 10.1 Å². The molecule has 92 valence electrons. The van der Waals surface area contributed by atoms with Crippen LogP contribution in [0.4, 0.5) is 5.69 Å². The number of halogens is 2. The van der Waals surface area contributed by atoms with E-state index in [-0.39, 0.29) is 11.8 Å². The SMILES string of the molecule is O=C(Nc1ccc(OCCBr)c(Br)c1)C1CC1. The van der Waals surface area contributed by atoms with Crippen molar-refractivity contribution in [2.45, 2.75) is 12.8 Å². The van der Waals surface area contributed by atoms with Gasteiger partial charge in [0, 0.05) is 16.9 Å². The molecule has 0 unspecified atom stereocenters. The number of rotatable bonds is 5. The first kappa shape index (κ1) is 12.9. The summed E-state index contributed by atoms with van der Waals surface area (Å²) in [7, 11) is 0. The Balaban J connectivity index is 1.99. The zero-order valence-corrected chi connectivity index (χ0v) is 12.4. The molecule has 1 N–H and O–H groups in total. The Kier molecular flexibility index (Phi) is 4.45. The molecular weight excluding hydrogens is 350 g/mol. The summed E-state index contributed by atoms with van der Waals surface area (Å²) in [6.45, 7) is 0.617. The van der Waals surface area contributed by atoms with E-state index in [0.717, 1.165) is 34.1 Å². The minimum atomic E-state index is 0.117. The number of carbonyl (C=O) groups excluding carboxylic acids is 1. The summed E-state index contributed by atoms with van der Waals surface area (Å²) in [4.78, 5) is 11.6. The monoisotopic (exact) mass is 361 g/mol. The number of nitrogens with one attached hydrogen (secondary N) is 1. The van der Waals surface area contributed by atoms with Crippen molar-refractivity contribution in [3.63, 3.8) is 0 Å². The number of anilines is 1. The van der Waals surface area contributed by atoms with Crippen LogP contribution in [0.5, 0.6) is 5.75 Å². The van der Waals surface area contributed by atoms with Gasteiger partial charge in [0.05, 0.1) is 11.1 Å². The third-order valence-corrected chi connectivity index (χ3v) is 3.43. The minimum absolute atomic E-state index is 0.117. The van der Waals surface area contributed by atoms with Crippen molar-refractivity contribution < 1.29 is 9.53 Å². The first-order valence-electron chi connectivity index (χ1n) is 5.50. The predicted octanol–water partition coefficient (Wildman–Crippen LogP) is 3.57. The molecule has 2 rings (SSSR count). The van der Waals surface area contributed by atoms with Gasteiger partial charge in [-0.05, 0) is 47.0 Å². The summed E-state index contributed by atoms with van der Waals surface area (Å²) in [5.74, 6) is 1.12. The predicted molar refractivity (Wildman–Crippen MR) is 74.8 cm³/mol. The van der Waals surface area contributed by atoms with Crippen LogP contribution >= 0.6 is 31.9 Å². The van der Waals surface area contributed by atoms with Gasteiger partial charge in [0.15, 0.2) is 0 Å². The largest absolute Gasteiger partial charge is 0.492 e. The summed E-state index contributed by atoms with van der Waals surface area (Å²) in [5.41, 5.74) is 0.806. The van der Waals surface area contributed by atoms with E-state index in [2.05, 4.69) is 37.2 Å². The molecule has 1 aliphatic carbocycles. The van der Waals surface area contributed by atoms with Crippen LogP contribution in [0.3, 0.4) is 0 Å². The van der Waals surface area contributed by atoms with Gasteiger partial charge < -0.3 is 10.1 Å². The van der Waals surface area contributed by atoms with E-state index in [0.29, 0.717) is 6.61 Å². The third-order valence-electron chi connectivity index (χ3n) is 2.48. The Bertz CT molecular complexity index is 419. The highest BCUT2D eigenvalue weighted by Crippen LogP contribution is 2.32. The van der Waals surface area contributed by atoms with Gasteiger partial charge in [0.25, 0.3) is 0 Å². The van der Waals surface area contributed by atoms with Crippen LogP contribution in [0.15, 0.2) is 22.7 Å². The fraction of sp³-hybridized carbons (Fsp3) is 0.417. The first-order valence-corrected chi connectivity index (χ1v) is 7.41. The van der Waals surface area contributed by atoms with E-state index < -0.39 is 0 Å². The van der Waals surface area contributed by atoms with Crippen molar-refractivity contribution in [2.24, 2.45) is 5.92 Å². The fourth-order valence-corrected chi connectivity index (χ4v) is 2.09. The van der Waals surface area contributed by atoms with E-state index in [1.807, 2.05) is 18.2 Å². The number of hydrogen-bond acceptors (Lipinski definition) is 2. The molecule has 3 nitrogen and oxygen atoms in total. The zero-order chi connectivity index (χ0) is 12.3. The summed E-state index contributed by atoms with van der Waals surface area (Å²) in [6, 6.07) is 5.58. The second kappa shape index (κ2) is 5.87. The van der Waals surface area contributed by atoms with Gasteiger partial charge in [-0.2, -0.15) is 0 Å². The molecule has 0 aliphatic heterocycles. The first-order chi connectivity index (χ1) is 8.20. The highest BCUT2D eigenvalue weighted by atomic mass is 79.9. The van der Waals surface area contributed by atoms with Crippen molar-refractivity contribution in [1.29, 1.82) is 0 Å². The van der Waals surface area contributed by atoms with E-state index >= 15 is 0 Å². The summed E-state index contributed by atoms with van der Waals surface area (Å²) in [5, 5.41) is 3.69. The molecule has 0 heterocycles. The molecule has 0 aromatic heterocycles. The molecule has 1 amide bonds. The molecular formula is C12H13Br2NO2. The average Bonchev–Trinajstić information content (AvgIpc) is 3.11. The van der Waals surface area contributed by atoms with Crippen molar-refractivity contribution in [3.8, 4) is 5.75 Å². The number of ether oxygens (including phenoxy) is 1. The van der Waals surface area contributed by atoms with Gasteiger partial charge >= 0.3 is 0 Å². The highest BCUT2D eigenvalue weighted by molar-refractivity contribution is 9.10. The molecule has 5 heteroatoms. The normalized spacial score (nSPS) is 14.5. The molecule has 1 fully saturated rings. The highest BCUT2D eigenvalue weighted by Gasteiger charge is 2.29. The fourth-order valence-electron chi connectivity index (χ4n) is 1.43. The standard InChI is InChI=1S/C12H13Br2NO2/c13-5-6-17-11-4-3-9(7-10(11)14)15-12(16)8-1-2-8/h3-4,7-8H,1-2,5-6H2,(H,15,16). The topological polar surface area (TPSA) is 38.3 Å². The van der Waals surface area contributed by atoms with E-state index in [4.69, 9.17) is 4.74 Å². The number of hydrogen-bond donors (Lipinski definition) is 1. The van der Waals surface area contributed by atoms with Crippen LogP contribution in [0.25, 0.3) is 0 Å². The van der Waals surface area contributed by atoms with Crippen molar-refractivity contribution >= 4 is 43.5 Å². The Morgan fingerprint density at radius 1 is 1.47 bits per heavy atom. The Morgan fingerprint density at radius 3 is 2.82 bits per heavy atom. The molecule has 0 atom stereocenters. The van der Waals surface area contributed by atoms with E-state index in [1.165, 1.54) is 0 Å². The van der Waals surface area contributed by atoms with Crippen LogP contribution in [0.2, 0.25) is 0 Å². The Hall–Kier alpha value is -0.550. The zero-order valence-electron chi connectivity index (χ0n) is 9.21. The lowest BCUT2D eigenvalue weighted by molar-refractivity contribution is -0.117. The van der Waals surface area contributed by atoms with Gasteiger partial charge in [-0.1, -0.05) is 15.9 Å². The van der Waals surface area contributed by atoms with Crippen LogP contribution in [-0.4, -0.2) is 17.8 Å². The molecule has 0 radical (unpaired) electrons. The van der Waals surface area contributed by atoms with Crippen LogP contribution in [0, 0.1) is 5.92 Å². The molecule has 1 aromatic rings. The average molecular weight is 363 g/mol. The van der Waals surface area contributed by atoms with Gasteiger partial charge in [-0.15, -0.1) is 0 Å². The van der Waals surface area contributed by atoms with Crippen molar-refractivity contribution in [1.82, 2.24) is 0 Å². The summed E-state index contributed by atoms with van der Waals surface area (Å²) in [6.07, 6.45) is 2.03. The maximum Gasteiger partial charge on any atom is 0.227 e. The number of alkyl halides is 1. The quantitative estimate of drug-likeness (QED) is 0.813. The lowest BCUT2D eigenvalue weighted by atomic mass is 10.3. The molecule has 0 bridgehead atoms. The Morgan fingerprint density at radius 2 is 2.24 bits per heavy atom. The molecule has 0 spiro atoms. The number of benzene rings is 1. The molecule has 17 heavy (non-hydrogen) atoms. The summed E-state index contributed by atoms with van der Waals surface area (Å²) >= 11 is 6.73.